The molecule has 0 bridgehead atoms. The lowest BCUT2D eigenvalue weighted by Gasteiger charge is -2.37. The predicted octanol–water partition coefficient (Wildman–Crippen LogP) is 5.32. The molecular weight excluding hydrogens is 543 g/mol. The maximum Gasteiger partial charge on any atom is 0.262 e. The maximum atomic E-state index is 13.1. The Kier molecular flexibility index (Phi) is 7.15. The summed E-state index contributed by atoms with van der Waals surface area (Å²) in [6.07, 6.45) is 4.02. The number of anilines is 1. The Morgan fingerprint density at radius 2 is 1.65 bits per heavy atom. The highest BCUT2D eigenvalue weighted by molar-refractivity contribution is 9.10. The first-order valence-electron chi connectivity index (χ1n) is 12.2. The largest absolute Gasteiger partial charge is 0.493 e. The van der Waals surface area contributed by atoms with Gasteiger partial charge in [-0.25, -0.2) is 4.39 Å². The number of Topliss-reactive ketones (excluding diaryl/α,β-unsaturated/α-hetero) is 2. The van der Waals surface area contributed by atoms with E-state index in [1.807, 2.05) is 6.07 Å². The zero-order chi connectivity index (χ0) is 26.1. The molecule has 2 N–H and O–H groups in total. The Morgan fingerprint density at radius 1 is 1.03 bits per heavy atom. The second-order valence-electron chi connectivity index (χ2n) is 9.27. The summed E-state index contributed by atoms with van der Waals surface area (Å²) >= 11 is 3.54. The van der Waals surface area contributed by atoms with Gasteiger partial charge in [0, 0.05) is 47.0 Å². The van der Waals surface area contributed by atoms with Gasteiger partial charge in [-0.3, -0.25) is 14.4 Å². The Labute approximate surface area is 222 Å². The van der Waals surface area contributed by atoms with Crippen molar-refractivity contribution in [1.82, 2.24) is 5.32 Å². The minimum atomic E-state index is -0.479. The highest BCUT2D eigenvalue weighted by atomic mass is 79.9. The van der Waals surface area contributed by atoms with Gasteiger partial charge in [0.25, 0.3) is 5.91 Å². The molecule has 2 aliphatic carbocycles. The number of halogens is 2. The fraction of sp³-hybridized carbons (Fsp3) is 0.321. The van der Waals surface area contributed by atoms with Crippen molar-refractivity contribution in [3.8, 4) is 11.5 Å². The number of methoxy groups -OCH3 is 1. The number of carbonyl (C=O) groups excluding carboxylic acids is 3. The smallest absolute Gasteiger partial charge is 0.262 e. The first-order chi connectivity index (χ1) is 17.9. The van der Waals surface area contributed by atoms with Crippen LogP contribution in [-0.2, 0) is 14.4 Å². The van der Waals surface area contributed by atoms with Crippen molar-refractivity contribution in [1.29, 1.82) is 0 Å². The van der Waals surface area contributed by atoms with E-state index in [1.54, 1.807) is 6.07 Å². The molecule has 5 rings (SSSR count). The first kappa shape index (κ1) is 25.2. The van der Waals surface area contributed by atoms with Crippen molar-refractivity contribution in [2.24, 2.45) is 0 Å². The summed E-state index contributed by atoms with van der Waals surface area (Å²) < 4.78 is 25.0. The number of allylic oxidation sites excluding steroid dienone is 4. The molecule has 192 valence electrons. The van der Waals surface area contributed by atoms with Crippen LogP contribution >= 0.6 is 15.9 Å². The molecule has 0 radical (unpaired) electrons. The van der Waals surface area contributed by atoms with Crippen LogP contribution in [0.1, 0.15) is 50.0 Å². The van der Waals surface area contributed by atoms with E-state index < -0.39 is 17.6 Å². The Bertz CT molecular complexity index is 1310. The van der Waals surface area contributed by atoms with E-state index in [-0.39, 0.29) is 18.2 Å². The van der Waals surface area contributed by atoms with Crippen molar-refractivity contribution in [2.75, 3.05) is 19.0 Å². The number of ether oxygens (including phenoxy) is 2. The standard InChI is InChI=1S/C28H26BrFN2O5/c1-36-23-13-15(12-18(29)28(23)37-14-24(35)31-17-10-8-16(30)9-11-17)25-26-19(4-2-6-21(26)33)32-20-5-3-7-22(34)27(20)25/h8-13,25,32H,2-7,14H2,1H3,(H,31,35). The second kappa shape index (κ2) is 10.5. The van der Waals surface area contributed by atoms with E-state index in [1.165, 1.54) is 31.4 Å². The van der Waals surface area contributed by atoms with Crippen LogP contribution in [0, 0.1) is 5.82 Å². The van der Waals surface area contributed by atoms with E-state index in [0.717, 1.165) is 42.6 Å². The van der Waals surface area contributed by atoms with Crippen molar-refractivity contribution in [3.63, 3.8) is 0 Å². The highest BCUT2D eigenvalue weighted by Gasteiger charge is 2.40. The average molecular weight is 569 g/mol. The number of hydrogen-bond acceptors (Lipinski definition) is 6. The third-order valence-corrected chi connectivity index (χ3v) is 7.44. The SMILES string of the molecule is COc1cc(C2C3=C(CCCC3=O)NC3=C2C(=O)CCC3)cc(Br)c1OCC(=O)Nc1ccc(F)cc1. The first-order valence-corrected chi connectivity index (χ1v) is 13.0. The zero-order valence-electron chi connectivity index (χ0n) is 20.3. The van der Waals surface area contributed by atoms with Gasteiger partial charge in [0.2, 0.25) is 0 Å². The van der Waals surface area contributed by atoms with Crippen molar-refractivity contribution < 1.29 is 28.2 Å². The van der Waals surface area contributed by atoms with E-state index in [0.29, 0.717) is 45.6 Å². The van der Waals surface area contributed by atoms with E-state index in [4.69, 9.17) is 9.47 Å². The molecule has 1 amide bonds. The van der Waals surface area contributed by atoms with Crippen LogP contribution in [0.15, 0.2) is 63.4 Å². The van der Waals surface area contributed by atoms with Crippen LogP contribution in [0.25, 0.3) is 0 Å². The van der Waals surface area contributed by atoms with E-state index >= 15 is 0 Å². The number of ketones is 2. The molecule has 1 heterocycles. The van der Waals surface area contributed by atoms with Gasteiger partial charge in [-0.1, -0.05) is 0 Å². The van der Waals surface area contributed by atoms with Gasteiger partial charge in [-0.05, 0) is 83.6 Å². The molecule has 0 saturated carbocycles. The number of benzene rings is 2. The fourth-order valence-electron chi connectivity index (χ4n) is 5.23. The summed E-state index contributed by atoms with van der Waals surface area (Å²) in [7, 11) is 1.49. The summed E-state index contributed by atoms with van der Waals surface area (Å²) in [4.78, 5) is 38.6. The van der Waals surface area contributed by atoms with Crippen molar-refractivity contribution >= 4 is 39.1 Å². The van der Waals surface area contributed by atoms with Crippen LogP contribution in [0.2, 0.25) is 0 Å². The summed E-state index contributed by atoms with van der Waals surface area (Å²) in [6.45, 7) is -0.305. The minimum Gasteiger partial charge on any atom is -0.493 e. The van der Waals surface area contributed by atoms with Crippen LogP contribution in [0.4, 0.5) is 10.1 Å². The number of dihydropyridines is 1. The number of hydrogen-bond donors (Lipinski definition) is 2. The van der Waals surface area contributed by atoms with E-state index in [2.05, 4.69) is 26.6 Å². The third-order valence-electron chi connectivity index (χ3n) is 6.85. The molecule has 2 aromatic carbocycles. The summed E-state index contributed by atoms with van der Waals surface area (Å²) in [5, 5.41) is 6.06. The molecule has 3 aliphatic rings. The molecule has 0 spiro atoms. The molecule has 1 aliphatic heterocycles. The lowest BCUT2D eigenvalue weighted by Crippen LogP contribution is -2.36. The van der Waals surface area contributed by atoms with Gasteiger partial charge >= 0.3 is 0 Å². The van der Waals surface area contributed by atoms with Crippen LogP contribution < -0.4 is 20.1 Å². The molecule has 2 aromatic rings. The molecular formula is C28H26BrFN2O5. The fourth-order valence-corrected chi connectivity index (χ4v) is 5.81. The van der Waals surface area contributed by atoms with Crippen LogP contribution in [0.3, 0.4) is 0 Å². The van der Waals surface area contributed by atoms with Crippen LogP contribution in [-0.4, -0.2) is 31.2 Å². The quantitative estimate of drug-likeness (QED) is 0.490. The van der Waals surface area contributed by atoms with Gasteiger partial charge in [0.05, 0.1) is 11.6 Å². The number of nitrogens with one attached hydrogen (secondary N) is 2. The summed E-state index contributed by atoms with van der Waals surface area (Å²) in [6, 6.07) is 9.03. The van der Waals surface area contributed by atoms with E-state index in [9.17, 15) is 18.8 Å². The number of carbonyl (C=O) groups is 3. The second-order valence-corrected chi connectivity index (χ2v) is 10.1. The van der Waals surface area contributed by atoms with Gasteiger partial charge in [-0.2, -0.15) is 0 Å². The molecule has 0 aromatic heterocycles. The van der Waals surface area contributed by atoms with Gasteiger partial charge in [-0.15, -0.1) is 0 Å². The summed E-state index contributed by atoms with van der Waals surface area (Å²) in [5.41, 5.74) is 4.32. The van der Waals surface area contributed by atoms with Gasteiger partial charge in [0.1, 0.15) is 5.82 Å². The predicted molar refractivity (Wildman–Crippen MR) is 139 cm³/mol. The molecule has 0 atom stereocenters. The van der Waals surface area contributed by atoms with Crippen LogP contribution in [0.5, 0.6) is 11.5 Å². The number of amides is 1. The summed E-state index contributed by atoms with van der Waals surface area (Å²) in [5.74, 6) is -0.502. The minimum absolute atomic E-state index is 0.0524. The van der Waals surface area contributed by atoms with Crippen molar-refractivity contribution in [3.05, 3.63) is 74.8 Å². The Morgan fingerprint density at radius 3 is 2.24 bits per heavy atom. The maximum absolute atomic E-state index is 13.1. The lowest BCUT2D eigenvalue weighted by molar-refractivity contribution is -0.118. The molecule has 7 nitrogen and oxygen atoms in total. The Balaban J connectivity index is 1.45. The number of rotatable bonds is 6. The van der Waals surface area contributed by atoms with Crippen molar-refractivity contribution in [2.45, 2.75) is 44.4 Å². The molecule has 0 unspecified atom stereocenters. The topological polar surface area (TPSA) is 93.7 Å². The molecule has 37 heavy (non-hydrogen) atoms. The normalized spacial score (nSPS) is 17.7. The molecule has 9 heteroatoms. The lowest BCUT2D eigenvalue weighted by atomic mass is 9.71. The monoisotopic (exact) mass is 568 g/mol. The molecule has 0 saturated heterocycles. The van der Waals surface area contributed by atoms with Gasteiger partial charge in [0.15, 0.2) is 29.7 Å². The average Bonchev–Trinajstić information content (AvgIpc) is 2.88. The Hall–Kier alpha value is -3.46. The highest BCUT2D eigenvalue weighted by Crippen LogP contribution is 2.48. The molecule has 0 fully saturated rings. The van der Waals surface area contributed by atoms with Gasteiger partial charge < -0.3 is 20.1 Å². The zero-order valence-corrected chi connectivity index (χ0v) is 21.9. The third kappa shape index (κ3) is 5.05.